The van der Waals surface area contributed by atoms with Crippen molar-refractivity contribution in [2.45, 2.75) is 43.0 Å². The van der Waals surface area contributed by atoms with Crippen LogP contribution in [0.25, 0.3) is 16.7 Å². The molecule has 13 heteroatoms. The van der Waals surface area contributed by atoms with E-state index in [2.05, 4.69) is 27.1 Å². The van der Waals surface area contributed by atoms with E-state index in [1.54, 1.807) is 23.0 Å². The number of halogens is 2. The first kappa shape index (κ1) is 25.4. The largest absolute Gasteiger partial charge is 0.379 e. The first-order valence-electron chi connectivity index (χ1n) is 12.8. The fourth-order valence-corrected chi connectivity index (χ4v) is 6.79. The zero-order valence-electron chi connectivity index (χ0n) is 21.3. The Morgan fingerprint density at radius 1 is 1.16 bits per heavy atom. The summed E-state index contributed by atoms with van der Waals surface area (Å²) in [5, 5.41) is 8.16. The quantitative estimate of drug-likeness (QED) is 0.478. The van der Waals surface area contributed by atoms with Crippen LogP contribution in [-0.2, 0) is 14.6 Å². The first-order chi connectivity index (χ1) is 18.1. The van der Waals surface area contributed by atoms with Crippen molar-refractivity contribution in [3.63, 3.8) is 0 Å². The van der Waals surface area contributed by atoms with Gasteiger partial charge in [0.25, 0.3) is 6.43 Å². The van der Waals surface area contributed by atoms with Crippen molar-refractivity contribution in [3.8, 4) is 5.69 Å². The molecule has 1 aromatic carbocycles. The van der Waals surface area contributed by atoms with Gasteiger partial charge in [0, 0.05) is 44.0 Å². The summed E-state index contributed by atoms with van der Waals surface area (Å²) in [6, 6.07) is 6.03. The summed E-state index contributed by atoms with van der Waals surface area (Å²) in [7, 11) is -3.09. The van der Waals surface area contributed by atoms with Crippen LogP contribution in [0.4, 0.5) is 20.5 Å². The predicted octanol–water partition coefficient (Wildman–Crippen LogP) is 2.65. The molecule has 0 atom stereocenters. The van der Waals surface area contributed by atoms with Crippen molar-refractivity contribution in [2.75, 3.05) is 55.9 Å². The highest BCUT2D eigenvalue weighted by Crippen LogP contribution is 2.37. The molecule has 1 saturated carbocycles. The molecule has 1 N–H and O–H groups in total. The first-order valence-corrected chi connectivity index (χ1v) is 14.7. The Balaban J connectivity index is 1.33. The maximum Gasteiger partial charge on any atom is 0.263 e. The van der Waals surface area contributed by atoms with Crippen molar-refractivity contribution < 1.29 is 21.9 Å². The van der Waals surface area contributed by atoms with E-state index in [-0.39, 0.29) is 22.4 Å². The zero-order chi connectivity index (χ0) is 26.7. The van der Waals surface area contributed by atoms with Gasteiger partial charge in [-0.15, -0.1) is 0 Å². The molecule has 2 aromatic heterocycles. The van der Waals surface area contributed by atoms with Gasteiger partial charge < -0.3 is 15.0 Å². The van der Waals surface area contributed by atoms with Gasteiger partial charge in [0.15, 0.2) is 5.65 Å². The summed E-state index contributed by atoms with van der Waals surface area (Å²) < 4.78 is 57.6. The van der Waals surface area contributed by atoms with Crippen LogP contribution >= 0.6 is 0 Å². The highest BCUT2D eigenvalue weighted by atomic mass is 32.2. The lowest BCUT2D eigenvalue weighted by Crippen LogP contribution is -2.70. The van der Waals surface area contributed by atoms with E-state index in [0.29, 0.717) is 30.1 Å². The average Bonchev–Trinajstić information content (AvgIpc) is 3.27. The molecule has 0 spiro atoms. The van der Waals surface area contributed by atoms with Gasteiger partial charge >= 0.3 is 0 Å². The van der Waals surface area contributed by atoms with Crippen LogP contribution in [0.3, 0.4) is 0 Å². The lowest BCUT2D eigenvalue weighted by molar-refractivity contribution is -0.0266. The van der Waals surface area contributed by atoms with E-state index in [9.17, 15) is 17.2 Å². The number of benzene rings is 1. The van der Waals surface area contributed by atoms with E-state index in [1.165, 1.54) is 18.4 Å². The van der Waals surface area contributed by atoms with Crippen LogP contribution in [-0.4, -0.2) is 95.5 Å². The van der Waals surface area contributed by atoms with E-state index < -0.39 is 16.3 Å². The molecule has 38 heavy (non-hydrogen) atoms. The van der Waals surface area contributed by atoms with Crippen molar-refractivity contribution in [1.29, 1.82) is 0 Å². The minimum atomic E-state index is -3.09. The van der Waals surface area contributed by atoms with Crippen LogP contribution in [0.1, 0.15) is 31.8 Å². The fraction of sp³-hybridized carbons (Fsp3) is 0.560. The number of hydrogen-bond donors (Lipinski definition) is 1. The van der Waals surface area contributed by atoms with Crippen molar-refractivity contribution in [3.05, 3.63) is 36.0 Å². The summed E-state index contributed by atoms with van der Waals surface area (Å²) in [5.74, 6) is 1.09. The lowest BCUT2D eigenvalue weighted by atomic mass is 9.89. The molecule has 2 aliphatic heterocycles. The highest BCUT2D eigenvalue weighted by Gasteiger charge is 2.45. The van der Waals surface area contributed by atoms with Gasteiger partial charge in [-0.2, -0.15) is 15.1 Å². The Hall–Kier alpha value is -2.90. The van der Waals surface area contributed by atoms with Crippen molar-refractivity contribution >= 4 is 32.6 Å². The molecular weight excluding hydrogens is 516 g/mol. The van der Waals surface area contributed by atoms with E-state index in [4.69, 9.17) is 14.7 Å². The number of ether oxygens (including phenoxy) is 1. The Labute approximate surface area is 219 Å². The number of anilines is 2. The average molecular weight is 548 g/mol. The minimum absolute atomic E-state index is 0.00703. The Kier molecular flexibility index (Phi) is 6.27. The van der Waals surface area contributed by atoms with Gasteiger partial charge in [-0.3, -0.25) is 4.90 Å². The second-order valence-corrected chi connectivity index (χ2v) is 13.1. The van der Waals surface area contributed by atoms with E-state index in [0.717, 1.165) is 50.6 Å². The Bertz CT molecular complexity index is 1450. The van der Waals surface area contributed by atoms with Gasteiger partial charge in [0.05, 0.1) is 41.3 Å². The number of fused-ring (bicyclic) bond motifs is 1. The Morgan fingerprint density at radius 3 is 2.58 bits per heavy atom. The van der Waals surface area contributed by atoms with Gasteiger partial charge in [-0.1, -0.05) is 12.1 Å². The van der Waals surface area contributed by atoms with E-state index >= 15 is 0 Å². The van der Waals surface area contributed by atoms with Gasteiger partial charge in [-0.25, -0.2) is 21.9 Å². The molecule has 10 nitrogen and oxygen atoms in total. The monoisotopic (exact) mass is 547 g/mol. The second-order valence-electron chi connectivity index (χ2n) is 10.8. The van der Waals surface area contributed by atoms with Crippen LogP contribution in [0.5, 0.6) is 0 Å². The molecule has 0 amide bonds. The van der Waals surface area contributed by atoms with Crippen LogP contribution in [0, 0.1) is 0 Å². The summed E-state index contributed by atoms with van der Waals surface area (Å²) in [6.07, 6.45) is 1.32. The number of sulfone groups is 1. The van der Waals surface area contributed by atoms with E-state index in [1.807, 2.05) is 0 Å². The molecular formula is C25H31F2N7O3S. The summed E-state index contributed by atoms with van der Waals surface area (Å²) >= 11 is 0. The molecule has 1 aliphatic carbocycles. The number of alkyl halides is 2. The molecule has 6 rings (SSSR count). The molecule has 0 radical (unpaired) electrons. The SMILES string of the molecule is CC1(N2CCOCC2)CN(c2nc(NC3CC(S(C)(=O)=O)C3)nc3c2cnn3-c2cccc(C(F)F)c2)C1. The topological polar surface area (TPSA) is 105 Å². The van der Waals surface area contributed by atoms with Crippen LogP contribution in [0.2, 0.25) is 0 Å². The molecule has 204 valence electrons. The molecule has 4 heterocycles. The lowest BCUT2D eigenvalue weighted by Gasteiger charge is -2.55. The molecule has 3 aliphatic rings. The molecule has 3 aromatic rings. The fourth-order valence-electron chi connectivity index (χ4n) is 5.62. The second kappa shape index (κ2) is 9.38. The summed E-state index contributed by atoms with van der Waals surface area (Å²) in [4.78, 5) is 14.2. The maximum atomic E-state index is 13.4. The number of nitrogens with one attached hydrogen (secondary N) is 1. The predicted molar refractivity (Wildman–Crippen MR) is 140 cm³/mol. The number of morpholine rings is 1. The molecule has 3 fully saturated rings. The molecule has 0 unspecified atom stereocenters. The van der Waals surface area contributed by atoms with Gasteiger partial charge in [0.1, 0.15) is 15.7 Å². The third kappa shape index (κ3) is 4.60. The van der Waals surface area contributed by atoms with Crippen LogP contribution in [0.15, 0.2) is 30.5 Å². The third-order valence-electron chi connectivity index (χ3n) is 7.95. The van der Waals surface area contributed by atoms with Gasteiger partial charge in [0.2, 0.25) is 5.95 Å². The third-order valence-corrected chi connectivity index (χ3v) is 9.54. The van der Waals surface area contributed by atoms with Crippen molar-refractivity contribution in [1.82, 2.24) is 24.6 Å². The number of hydrogen-bond acceptors (Lipinski definition) is 9. The number of nitrogens with zero attached hydrogens (tertiary/aromatic N) is 6. The highest BCUT2D eigenvalue weighted by molar-refractivity contribution is 7.91. The summed E-state index contributed by atoms with van der Waals surface area (Å²) in [6.45, 7) is 7.00. The number of rotatable bonds is 7. The van der Waals surface area contributed by atoms with Crippen molar-refractivity contribution in [2.24, 2.45) is 0 Å². The standard InChI is InChI=1S/C25H31F2N7O3S/c1-25(33-6-8-37-9-7-33)14-32(15-25)22-20-13-28-34(18-5-3-4-16(10-18)21(26)27)23(20)31-24(30-22)29-17-11-19(12-17)38(2,35)36/h3-5,10,13,17,19,21H,6-9,11-12,14-15H2,1-2H3,(H,29,30,31). The van der Waals surface area contributed by atoms with Gasteiger partial charge in [-0.05, 0) is 31.9 Å². The van der Waals surface area contributed by atoms with Crippen LogP contribution < -0.4 is 10.2 Å². The molecule has 2 saturated heterocycles. The molecule has 0 bridgehead atoms. The minimum Gasteiger partial charge on any atom is -0.379 e. The maximum absolute atomic E-state index is 13.4. The normalized spacial score (nSPS) is 23.9. The number of aromatic nitrogens is 4. The smallest absolute Gasteiger partial charge is 0.263 e. The summed E-state index contributed by atoms with van der Waals surface area (Å²) in [5.41, 5.74) is 0.885. The zero-order valence-corrected chi connectivity index (χ0v) is 22.2. The Morgan fingerprint density at radius 2 is 1.89 bits per heavy atom.